The lowest BCUT2D eigenvalue weighted by atomic mass is 10.2. The van der Waals surface area contributed by atoms with Gasteiger partial charge in [-0.25, -0.2) is 0 Å². The average molecular weight is 271 g/mol. The van der Waals surface area contributed by atoms with Crippen molar-refractivity contribution < 1.29 is 9.90 Å². The number of aliphatic hydroxyl groups is 1. The molecule has 0 bridgehead atoms. The zero-order valence-electron chi connectivity index (χ0n) is 10.4. The van der Waals surface area contributed by atoms with E-state index >= 15 is 0 Å². The highest BCUT2D eigenvalue weighted by Gasteiger charge is 2.09. The van der Waals surface area contributed by atoms with Crippen LogP contribution in [0.2, 0.25) is 0 Å². The van der Waals surface area contributed by atoms with E-state index in [9.17, 15) is 4.79 Å². The number of thiophene rings is 1. The van der Waals surface area contributed by atoms with Gasteiger partial charge in [0, 0.05) is 16.6 Å². The van der Waals surface area contributed by atoms with Gasteiger partial charge in [0.15, 0.2) is 0 Å². The molecule has 0 fully saturated rings. The fourth-order valence-corrected chi connectivity index (χ4v) is 2.40. The molecule has 3 nitrogen and oxygen atoms in total. The average Bonchev–Trinajstić information content (AvgIpc) is 2.84. The van der Waals surface area contributed by atoms with Crippen LogP contribution in [0, 0.1) is 18.8 Å². The number of nitrogens with one attached hydrogen (secondary N) is 1. The molecule has 2 rings (SSSR count). The minimum Gasteiger partial charge on any atom is -0.384 e. The summed E-state index contributed by atoms with van der Waals surface area (Å²) in [6, 6.07) is 7.19. The van der Waals surface area contributed by atoms with E-state index in [4.69, 9.17) is 5.11 Å². The lowest BCUT2D eigenvalue weighted by Gasteiger charge is -2.04. The summed E-state index contributed by atoms with van der Waals surface area (Å²) in [6.45, 7) is 1.76. The van der Waals surface area contributed by atoms with E-state index in [1.54, 1.807) is 24.3 Å². The monoisotopic (exact) mass is 271 g/mol. The van der Waals surface area contributed by atoms with Gasteiger partial charge in [0.25, 0.3) is 5.91 Å². The van der Waals surface area contributed by atoms with Crippen molar-refractivity contribution in [1.82, 2.24) is 0 Å². The van der Waals surface area contributed by atoms with Crippen molar-refractivity contribution in [1.29, 1.82) is 0 Å². The summed E-state index contributed by atoms with van der Waals surface area (Å²) in [4.78, 5) is 12.0. The summed E-state index contributed by atoms with van der Waals surface area (Å²) in [5, 5.41) is 15.2. The molecule has 96 valence electrons. The van der Waals surface area contributed by atoms with Gasteiger partial charge in [-0.1, -0.05) is 11.8 Å². The first kappa shape index (κ1) is 13.3. The number of amides is 1. The molecule has 0 spiro atoms. The maximum absolute atomic E-state index is 12.0. The van der Waals surface area contributed by atoms with Gasteiger partial charge >= 0.3 is 0 Å². The lowest BCUT2D eigenvalue weighted by Crippen LogP contribution is -2.11. The lowest BCUT2D eigenvalue weighted by molar-refractivity contribution is 0.102. The van der Waals surface area contributed by atoms with Crippen molar-refractivity contribution in [3.05, 3.63) is 51.7 Å². The van der Waals surface area contributed by atoms with E-state index in [0.717, 1.165) is 16.8 Å². The maximum atomic E-state index is 12.0. The van der Waals surface area contributed by atoms with Crippen LogP contribution in [0.4, 0.5) is 5.69 Å². The molecule has 0 aliphatic carbocycles. The van der Waals surface area contributed by atoms with Crippen molar-refractivity contribution in [2.24, 2.45) is 0 Å². The summed E-state index contributed by atoms with van der Waals surface area (Å²) >= 11 is 1.51. The molecular weight excluding hydrogens is 258 g/mol. The molecule has 0 radical (unpaired) electrons. The van der Waals surface area contributed by atoms with Crippen LogP contribution in [-0.4, -0.2) is 17.6 Å². The number of carbonyl (C=O) groups excluding carboxylic acids is 1. The Labute approximate surface area is 115 Å². The van der Waals surface area contributed by atoms with E-state index in [1.165, 1.54) is 11.3 Å². The molecule has 19 heavy (non-hydrogen) atoms. The van der Waals surface area contributed by atoms with Crippen LogP contribution in [-0.2, 0) is 0 Å². The molecular formula is C15H13NO2S. The number of rotatable bonds is 2. The Morgan fingerprint density at radius 3 is 2.63 bits per heavy atom. The molecule has 2 aromatic rings. The van der Waals surface area contributed by atoms with Crippen LogP contribution >= 0.6 is 11.3 Å². The molecule has 0 aliphatic heterocycles. The third-order valence-electron chi connectivity index (χ3n) is 2.55. The first-order valence-corrected chi connectivity index (χ1v) is 6.69. The standard InChI is InChI=1S/C15H13NO2S/c1-11-9-19-10-14(11)15(18)16-13-6-4-12(5-7-13)3-2-8-17/h4-7,9-10,17H,8H2,1H3,(H,16,18). The Kier molecular flexibility index (Phi) is 4.35. The highest BCUT2D eigenvalue weighted by Crippen LogP contribution is 2.16. The van der Waals surface area contributed by atoms with E-state index in [1.807, 2.05) is 17.7 Å². The van der Waals surface area contributed by atoms with Gasteiger partial charge < -0.3 is 10.4 Å². The van der Waals surface area contributed by atoms with Crippen LogP contribution in [0.3, 0.4) is 0 Å². The van der Waals surface area contributed by atoms with Gasteiger partial charge in [0.05, 0.1) is 5.56 Å². The van der Waals surface area contributed by atoms with Crippen molar-refractivity contribution in [3.8, 4) is 11.8 Å². The van der Waals surface area contributed by atoms with Crippen molar-refractivity contribution >= 4 is 22.9 Å². The largest absolute Gasteiger partial charge is 0.384 e. The van der Waals surface area contributed by atoms with Crippen molar-refractivity contribution in [2.75, 3.05) is 11.9 Å². The van der Waals surface area contributed by atoms with Gasteiger partial charge in [-0.3, -0.25) is 4.79 Å². The molecule has 0 aliphatic rings. The molecule has 0 saturated carbocycles. The Hall–Kier alpha value is -2.09. The third-order valence-corrected chi connectivity index (χ3v) is 3.42. The number of hydrogen-bond acceptors (Lipinski definition) is 3. The Bertz CT molecular complexity index is 632. The van der Waals surface area contributed by atoms with Crippen LogP contribution in [0.25, 0.3) is 0 Å². The first-order chi connectivity index (χ1) is 9.20. The third kappa shape index (κ3) is 3.44. The molecule has 0 atom stereocenters. The van der Waals surface area contributed by atoms with Crippen molar-refractivity contribution in [3.63, 3.8) is 0 Å². The van der Waals surface area contributed by atoms with Gasteiger partial charge in [-0.15, -0.1) is 0 Å². The van der Waals surface area contributed by atoms with Gasteiger partial charge in [0.2, 0.25) is 0 Å². The van der Waals surface area contributed by atoms with Crippen LogP contribution < -0.4 is 5.32 Å². The van der Waals surface area contributed by atoms with Gasteiger partial charge in [-0.2, -0.15) is 11.3 Å². The van der Waals surface area contributed by atoms with E-state index in [-0.39, 0.29) is 12.5 Å². The van der Waals surface area contributed by atoms with Gasteiger partial charge in [-0.05, 0) is 42.1 Å². The quantitative estimate of drug-likeness (QED) is 0.825. The summed E-state index contributed by atoms with van der Waals surface area (Å²) < 4.78 is 0. The second kappa shape index (κ2) is 6.19. The van der Waals surface area contributed by atoms with Crippen molar-refractivity contribution in [2.45, 2.75) is 6.92 Å². The number of anilines is 1. The van der Waals surface area contributed by atoms with Crippen LogP contribution in [0.5, 0.6) is 0 Å². The zero-order valence-corrected chi connectivity index (χ0v) is 11.3. The highest BCUT2D eigenvalue weighted by atomic mass is 32.1. The summed E-state index contributed by atoms with van der Waals surface area (Å²) in [6.07, 6.45) is 0. The topological polar surface area (TPSA) is 49.3 Å². The second-order valence-electron chi connectivity index (χ2n) is 3.96. The molecule has 1 heterocycles. The first-order valence-electron chi connectivity index (χ1n) is 5.74. The minimum absolute atomic E-state index is 0.104. The summed E-state index contributed by atoms with van der Waals surface area (Å²) in [5.41, 5.74) is 3.21. The van der Waals surface area contributed by atoms with E-state index in [2.05, 4.69) is 17.2 Å². The fraction of sp³-hybridized carbons (Fsp3) is 0.133. The number of benzene rings is 1. The smallest absolute Gasteiger partial charge is 0.256 e. The SMILES string of the molecule is Cc1cscc1C(=O)Nc1ccc(C#CCO)cc1. The zero-order chi connectivity index (χ0) is 13.7. The fourth-order valence-electron chi connectivity index (χ4n) is 1.57. The van der Waals surface area contributed by atoms with Crippen LogP contribution in [0.1, 0.15) is 21.5 Å². The minimum atomic E-state index is -0.157. The van der Waals surface area contributed by atoms with Gasteiger partial charge in [0.1, 0.15) is 6.61 Å². The number of carbonyl (C=O) groups is 1. The van der Waals surface area contributed by atoms with Crippen LogP contribution in [0.15, 0.2) is 35.0 Å². The molecule has 1 amide bonds. The Balaban J connectivity index is 2.08. The molecule has 1 aromatic heterocycles. The molecule has 0 unspecified atom stereocenters. The molecule has 1 aromatic carbocycles. The number of hydrogen-bond donors (Lipinski definition) is 2. The summed E-state index contributed by atoms with van der Waals surface area (Å²) in [5.74, 6) is 5.27. The predicted octanol–water partition coefficient (Wildman–Crippen LogP) is 2.65. The molecule has 4 heteroatoms. The number of aliphatic hydroxyl groups excluding tert-OH is 1. The number of aryl methyl sites for hydroxylation is 1. The molecule has 2 N–H and O–H groups in total. The molecule has 0 saturated heterocycles. The van der Waals surface area contributed by atoms with E-state index < -0.39 is 0 Å². The Morgan fingerprint density at radius 1 is 1.32 bits per heavy atom. The second-order valence-corrected chi connectivity index (χ2v) is 4.70. The highest BCUT2D eigenvalue weighted by molar-refractivity contribution is 7.08. The normalized spacial score (nSPS) is 9.58. The Morgan fingerprint density at radius 2 is 2.05 bits per heavy atom. The maximum Gasteiger partial charge on any atom is 0.256 e. The summed E-state index contributed by atoms with van der Waals surface area (Å²) in [7, 11) is 0. The van der Waals surface area contributed by atoms with E-state index in [0.29, 0.717) is 5.56 Å². The predicted molar refractivity (Wildman–Crippen MR) is 77.4 cm³/mol.